The Labute approximate surface area is 140 Å². The topological polar surface area (TPSA) is 78.4 Å². The van der Waals surface area contributed by atoms with Crippen LogP contribution in [0.2, 0.25) is 0 Å². The smallest absolute Gasteiger partial charge is 0.343 e. The molecule has 0 radical (unpaired) electrons. The minimum absolute atomic E-state index is 0.227. The first-order valence-corrected chi connectivity index (χ1v) is 8.34. The van der Waals surface area contributed by atoms with E-state index in [2.05, 4.69) is 10.2 Å². The van der Waals surface area contributed by atoms with Crippen molar-refractivity contribution in [3.8, 4) is 5.75 Å². The van der Waals surface area contributed by atoms with Gasteiger partial charge in [-0.2, -0.15) is 5.10 Å². The van der Waals surface area contributed by atoms with E-state index in [1.54, 1.807) is 4.57 Å². The lowest BCUT2D eigenvalue weighted by molar-refractivity contribution is -0.188. The van der Waals surface area contributed by atoms with Crippen LogP contribution in [0.1, 0.15) is 38.1 Å². The van der Waals surface area contributed by atoms with Crippen molar-refractivity contribution in [1.29, 1.82) is 0 Å². The van der Waals surface area contributed by atoms with Crippen LogP contribution in [0, 0.1) is 0 Å². The van der Waals surface area contributed by atoms with E-state index in [0.29, 0.717) is 19.0 Å². The Kier molecular flexibility index (Phi) is 5.66. The number of ether oxygens (including phenoxy) is 3. The summed E-state index contributed by atoms with van der Waals surface area (Å²) >= 11 is 0. The number of rotatable bonds is 7. The average Bonchev–Trinajstić information content (AvgIpc) is 2.98. The van der Waals surface area contributed by atoms with Gasteiger partial charge in [0.2, 0.25) is 0 Å². The molecule has 1 aliphatic heterocycles. The van der Waals surface area contributed by atoms with Crippen molar-refractivity contribution in [2.45, 2.75) is 45.1 Å². The summed E-state index contributed by atoms with van der Waals surface area (Å²) in [6, 6.07) is 9.50. The Morgan fingerprint density at radius 3 is 2.96 bits per heavy atom. The minimum atomic E-state index is -0.330. The van der Waals surface area contributed by atoms with E-state index >= 15 is 0 Å². The van der Waals surface area contributed by atoms with E-state index in [1.165, 1.54) is 0 Å². The molecule has 1 aromatic heterocycles. The van der Waals surface area contributed by atoms with Gasteiger partial charge in [0.25, 0.3) is 0 Å². The van der Waals surface area contributed by atoms with Gasteiger partial charge in [-0.15, -0.1) is 0 Å². The fourth-order valence-corrected chi connectivity index (χ4v) is 2.73. The molecule has 2 heterocycles. The molecule has 2 atom stereocenters. The Hall–Kier alpha value is -2.12. The molecule has 3 rings (SSSR count). The number of nitrogens with zero attached hydrogens (tertiary/aromatic N) is 2. The molecule has 0 aliphatic carbocycles. The quantitative estimate of drug-likeness (QED) is 0.841. The van der Waals surface area contributed by atoms with Crippen molar-refractivity contribution in [2.24, 2.45) is 0 Å². The zero-order chi connectivity index (χ0) is 16.8. The molecule has 0 amide bonds. The maximum Gasteiger partial charge on any atom is 0.343 e. The predicted octanol–water partition coefficient (Wildman–Crippen LogP) is 2.25. The van der Waals surface area contributed by atoms with Crippen molar-refractivity contribution in [3.63, 3.8) is 0 Å². The lowest BCUT2D eigenvalue weighted by Crippen LogP contribution is -2.27. The van der Waals surface area contributed by atoms with E-state index in [1.807, 2.05) is 37.3 Å². The third-order valence-electron chi connectivity index (χ3n) is 3.97. The van der Waals surface area contributed by atoms with Gasteiger partial charge in [0.15, 0.2) is 12.1 Å². The Balaban J connectivity index is 1.59. The first-order chi connectivity index (χ1) is 11.7. The molecule has 0 bridgehead atoms. The molecular formula is C17H23N3O4. The second kappa shape index (κ2) is 8.12. The third kappa shape index (κ3) is 4.24. The number of nitrogens with one attached hydrogen (secondary N) is 1. The lowest BCUT2D eigenvalue weighted by atomic mass is 10.2. The van der Waals surface area contributed by atoms with Gasteiger partial charge in [0.1, 0.15) is 18.5 Å². The fourth-order valence-electron chi connectivity index (χ4n) is 2.73. The zero-order valence-electron chi connectivity index (χ0n) is 13.8. The number of hydrogen-bond donors (Lipinski definition) is 1. The summed E-state index contributed by atoms with van der Waals surface area (Å²) in [6.45, 7) is 3.37. The minimum Gasteiger partial charge on any atom is -0.492 e. The highest BCUT2D eigenvalue weighted by molar-refractivity contribution is 5.20. The number of H-pyrrole nitrogens is 1. The van der Waals surface area contributed by atoms with Crippen molar-refractivity contribution in [3.05, 3.63) is 46.6 Å². The SMILES string of the molecule is C[C@H](OC1CCCCO1)c1n[nH]c(=O)n1CCOc1ccccc1. The molecule has 1 N–H and O–H groups in total. The fraction of sp³-hybridized carbons (Fsp3) is 0.529. The van der Waals surface area contributed by atoms with Gasteiger partial charge in [-0.1, -0.05) is 18.2 Å². The van der Waals surface area contributed by atoms with E-state index in [-0.39, 0.29) is 18.1 Å². The van der Waals surface area contributed by atoms with Crippen molar-refractivity contribution >= 4 is 0 Å². The van der Waals surface area contributed by atoms with E-state index in [4.69, 9.17) is 14.2 Å². The third-order valence-corrected chi connectivity index (χ3v) is 3.97. The van der Waals surface area contributed by atoms with Gasteiger partial charge in [0.05, 0.1) is 6.54 Å². The van der Waals surface area contributed by atoms with Crippen LogP contribution in [0.5, 0.6) is 5.75 Å². The molecule has 1 unspecified atom stereocenters. The second-order valence-corrected chi connectivity index (χ2v) is 5.77. The molecule has 1 aliphatic rings. The second-order valence-electron chi connectivity index (χ2n) is 5.77. The molecule has 7 heteroatoms. The van der Waals surface area contributed by atoms with Crippen LogP contribution < -0.4 is 10.4 Å². The van der Waals surface area contributed by atoms with Gasteiger partial charge >= 0.3 is 5.69 Å². The van der Waals surface area contributed by atoms with E-state index in [9.17, 15) is 4.79 Å². The highest BCUT2D eigenvalue weighted by Crippen LogP contribution is 2.21. The summed E-state index contributed by atoms with van der Waals surface area (Å²) in [4.78, 5) is 12.0. The molecule has 7 nitrogen and oxygen atoms in total. The molecule has 1 fully saturated rings. The zero-order valence-corrected chi connectivity index (χ0v) is 13.8. The summed E-state index contributed by atoms with van der Waals surface area (Å²) in [7, 11) is 0. The van der Waals surface area contributed by atoms with Gasteiger partial charge in [-0.25, -0.2) is 9.89 Å². The van der Waals surface area contributed by atoms with Crippen molar-refractivity contribution in [1.82, 2.24) is 14.8 Å². The summed E-state index contributed by atoms with van der Waals surface area (Å²) in [6.07, 6.45) is 2.47. The predicted molar refractivity (Wildman–Crippen MR) is 87.9 cm³/mol. The van der Waals surface area contributed by atoms with Gasteiger partial charge < -0.3 is 14.2 Å². The average molecular weight is 333 g/mol. The standard InChI is InChI=1S/C17H23N3O4/c1-13(24-15-9-5-6-11-23-15)16-18-19-17(21)20(16)10-12-22-14-7-3-2-4-8-14/h2-4,7-8,13,15H,5-6,9-12H2,1H3,(H,19,21)/t13-,15?/m0/s1. The maximum absolute atomic E-state index is 12.0. The van der Waals surface area contributed by atoms with E-state index < -0.39 is 0 Å². The molecule has 24 heavy (non-hydrogen) atoms. The van der Waals surface area contributed by atoms with Crippen LogP contribution in [0.4, 0.5) is 0 Å². The van der Waals surface area contributed by atoms with Crippen LogP contribution in [0.3, 0.4) is 0 Å². The molecule has 130 valence electrons. The number of para-hydroxylation sites is 1. The summed E-state index contributed by atoms with van der Waals surface area (Å²) in [5, 5.41) is 6.58. The van der Waals surface area contributed by atoms with Crippen LogP contribution in [-0.4, -0.2) is 34.3 Å². The highest BCUT2D eigenvalue weighted by Gasteiger charge is 2.22. The van der Waals surface area contributed by atoms with E-state index in [0.717, 1.165) is 31.6 Å². The van der Waals surface area contributed by atoms with Gasteiger partial charge in [-0.05, 0) is 38.3 Å². The van der Waals surface area contributed by atoms with Crippen molar-refractivity contribution < 1.29 is 14.2 Å². The van der Waals surface area contributed by atoms with Gasteiger partial charge in [0, 0.05) is 6.61 Å². The van der Waals surface area contributed by atoms with Crippen LogP contribution in [-0.2, 0) is 16.0 Å². The first kappa shape index (κ1) is 16.7. The van der Waals surface area contributed by atoms with Crippen LogP contribution in [0.25, 0.3) is 0 Å². The Morgan fingerprint density at radius 2 is 2.21 bits per heavy atom. The maximum atomic E-state index is 12.0. The number of benzene rings is 1. The summed E-state index contributed by atoms with van der Waals surface area (Å²) in [5.74, 6) is 1.33. The summed E-state index contributed by atoms with van der Waals surface area (Å²) < 4.78 is 18.7. The molecule has 0 spiro atoms. The molecule has 1 saturated heterocycles. The summed E-state index contributed by atoms with van der Waals surface area (Å²) in [5.41, 5.74) is -0.262. The monoisotopic (exact) mass is 333 g/mol. The largest absolute Gasteiger partial charge is 0.492 e. The first-order valence-electron chi connectivity index (χ1n) is 8.34. The number of hydrogen-bond acceptors (Lipinski definition) is 5. The van der Waals surface area contributed by atoms with Gasteiger partial charge in [-0.3, -0.25) is 4.57 Å². The number of aromatic nitrogens is 3. The molecular weight excluding hydrogens is 310 g/mol. The lowest BCUT2D eigenvalue weighted by Gasteiger charge is -2.25. The van der Waals surface area contributed by atoms with Crippen LogP contribution >= 0.6 is 0 Å². The molecule has 1 aromatic carbocycles. The molecule has 2 aromatic rings. The highest BCUT2D eigenvalue weighted by atomic mass is 16.7. The molecule has 0 saturated carbocycles. The van der Waals surface area contributed by atoms with Crippen molar-refractivity contribution in [2.75, 3.05) is 13.2 Å². The van der Waals surface area contributed by atoms with Crippen LogP contribution in [0.15, 0.2) is 35.1 Å². The normalized spacial score (nSPS) is 19.1. The Morgan fingerprint density at radius 1 is 1.38 bits per heavy atom. The number of aromatic amines is 1. The Bertz CT molecular complexity index is 677.